The quantitative estimate of drug-likeness (QED) is 0.625. The standard InChI is InChI=1S/C20H26N4O2S/c1-21-20(22-13-16-14-25-17-5-2-3-6-18(17)26-16)23-15-8-10-24(11-9-15)19-7-4-12-27-19/h2-7,12,15-16H,8-11,13-14H2,1H3,(H2,21,22,23). The molecule has 0 amide bonds. The predicted molar refractivity (Wildman–Crippen MR) is 110 cm³/mol. The van der Waals surface area contributed by atoms with Crippen molar-refractivity contribution in [2.45, 2.75) is 25.0 Å². The van der Waals surface area contributed by atoms with E-state index in [1.807, 2.05) is 42.6 Å². The SMILES string of the molecule is CN=C(NCC1COc2ccccc2O1)NC1CCN(c2cccs2)CC1. The maximum absolute atomic E-state index is 6.00. The smallest absolute Gasteiger partial charge is 0.191 e. The van der Waals surface area contributed by atoms with Crippen LogP contribution in [0.2, 0.25) is 0 Å². The highest BCUT2D eigenvalue weighted by Gasteiger charge is 2.23. The zero-order chi connectivity index (χ0) is 18.5. The minimum Gasteiger partial charge on any atom is -0.486 e. The number of guanidine groups is 1. The van der Waals surface area contributed by atoms with E-state index in [1.54, 1.807) is 0 Å². The number of piperidine rings is 1. The zero-order valence-electron chi connectivity index (χ0n) is 15.6. The van der Waals surface area contributed by atoms with E-state index in [4.69, 9.17) is 9.47 Å². The van der Waals surface area contributed by atoms with Crippen molar-refractivity contribution in [1.82, 2.24) is 10.6 Å². The molecule has 1 atom stereocenters. The summed E-state index contributed by atoms with van der Waals surface area (Å²) in [6.45, 7) is 3.35. The van der Waals surface area contributed by atoms with Gasteiger partial charge < -0.3 is 25.0 Å². The van der Waals surface area contributed by atoms with Crippen LogP contribution in [0.15, 0.2) is 46.8 Å². The van der Waals surface area contributed by atoms with Gasteiger partial charge in [-0.2, -0.15) is 0 Å². The summed E-state index contributed by atoms with van der Waals surface area (Å²) in [5.74, 6) is 2.44. The zero-order valence-corrected chi connectivity index (χ0v) is 16.4. The molecule has 1 unspecified atom stereocenters. The van der Waals surface area contributed by atoms with Crippen LogP contribution in [0.5, 0.6) is 11.5 Å². The van der Waals surface area contributed by atoms with Gasteiger partial charge in [0.25, 0.3) is 0 Å². The number of thiophene rings is 1. The summed E-state index contributed by atoms with van der Waals surface area (Å²) in [6, 6.07) is 12.5. The van der Waals surface area contributed by atoms with E-state index in [1.165, 1.54) is 5.00 Å². The Labute approximate surface area is 164 Å². The van der Waals surface area contributed by atoms with Gasteiger partial charge in [0.05, 0.1) is 11.5 Å². The number of ether oxygens (including phenoxy) is 2. The Morgan fingerprint density at radius 1 is 1.19 bits per heavy atom. The molecule has 1 saturated heterocycles. The fourth-order valence-electron chi connectivity index (χ4n) is 3.46. The van der Waals surface area contributed by atoms with Crippen molar-refractivity contribution in [2.75, 3.05) is 38.2 Å². The van der Waals surface area contributed by atoms with E-state index >= 15 is 0 Å². The fraction of sp³-hybridized carbons (Fsp3) is 0.450. The Balaban J connectivity index is 1.22. The molecule has 2 N–H and O–H groups in total. The average molecular weight is 387 g/mol. The van der Waals surface area contributed by atoms with Crippen LogP contribution in [-0.4, -0.2) is 51.4 Å². The maximum Gasteiger partial charge on any atom is 0.191 e. The third-order valence-corrected chi connectivity index (χ3v) is 5.87. The second kappa shape index (κ2) is 8.52. The first-order valence-electron chi connectivity index (χ1n) is 9.46. The average Bonchev–Trinajstić information content (AvgIpc) is 3.26. The van der Waals surface area contributed by atoms with Crippen LogP contribution in [0.1, 0.15) is 12.8 Å². The summed E-state index contributed by atoms with van der Waals surface area (Å²) in [6.07, 6.45) is 2.18. The molecular weight excluding hydrogens is 360 g/mol. The largest absolute Gasteiger partial charge is 0.486 e. The van der Waals surface area contributed by atoms with Crippen molar-refractivity contribution in [3.63, 3.8) is 0 Å². The van der Waals surface area contributed by atoms with Gasteiger partial charge in [0, 0.05) is 26.2 Å². The molecule has 0 bridgehead atoms. The Kier molecular flexibility index (Phi) is 5.67. The topological polar surface area (TPSA) is 58.1 Å². The van der Waals surface area contributed by atoms with Gasteiger partial charge in [0.2, 0.25) is 0 Å². The van der Waals surface area contributed by atoms with Crippen molar-refractivity contribution in [3.05, 3.63) is 41.8 Å². The minimum atomic E-state index is -0.0286. The summed E-state index contributed by atoms with van der Waals surface area (Å²) in [7, 11) is 1.81. The lowest BCUT2D eigenvalue weighted by atomic mass is 10.1. The van der Waals surface area contributed by atoms with Gasteiger partial charge in [-0.25, -0.2) is 0 Å². The Morgan fingerprint density at radius 2 is 2.00 bits per heavy atom. The molecule has 3 heterocycles. The summed E-state index contributed by atoms with van der Waals surface area (Å²) < 4.78 is 11.8. The van der Waals surface area contributed by atoms with Gasteiger partial charge in [-0.3, -0.25) is 4.99 Å². The van der Waals surface area contributed by atoms with Gasteiger partial charge in [0.15, 0.2) is 17.5 Å². The summed E-state index contributed by atoms with van der Waals surface area (Å²) in [4.78, 5) is 6.83. The highest BCUT2D eigenvalue weighted by Crippen LogP contribution is 2.30. The van der Waals surface area contributed by atoms with Crippen LogP contribution in [-0.2, 0) is 0 Å². The van der Waals surface area contributed by atoms with Crippen LogP contribution >= 0.6 is 11.3 Å². The minimum absolute atomic E-state index is 0.0286. The normalized spacial score (nSPS) is 20.4. The Bertz CT molecular complexity index is 757. The first kappa shape index (κ1) is 18.0. The lowest BCUT2D eigenvalue weighted by molar-refractivity contribution is 0.0935. The number of anilines is 1. The fourth-order valence-corrected chi connectivity index (χ4v) is 4.24. The van der Waals surface area contributed by atoms with E-state index in [-0.39, 0.29) is 6.10 Å². The highest BCUT2D eigenvalue weighted by atomic mass is 32.1. The molecule has 144 valence electrons. The highest BCUT2D eigenvalue weighted by molar-refractivity contribution is 7.14. The number of hydrogen-bond acceptors (Lipinski definition) is 5. The monoisotopic (exact) mass is 386 g/mol. The van der Waals surface area contributed by atoms with E-state index in [0.29, 0.717) is 19.2 Å². The molecule has 27 heavy (non-hydrogen) atoms. The molecule has 6 nitrogen and oxygen atoms in total. The molecule has 0 spiro atoms. The molecule has 4 rings (SSSR count). The van der Waals surface area contributed by atoms with Crippen molar-refractivity contribution in [1.29, 1.82) is 0 Å². The molecule has 7 heteroatoms. The number of aliphatic imine (C=N–C) groups is 1. The third kappa shape index (κ3) is 4.47. The van der Waals surface area contributed by atoms with Gasteiger partial charge in [-0.15, -0.1) is 11.3 Å². The van der Waals surface area contributed by atoms with Crippen LogP contribution in [0.4, 0.5) is 5.00 Å². The molecule has 0 aliphatic carbocycles. The van der Waals surface area contributed by atoms with Gasteiger partial charge in [-0.05, 0) is 42.5 Å². The third-order valence-electron chi connectivity index (χ3n) is 4.94. The Morgan fingerprint density at radius 3 is 2.74 bits per heavy atom. The number of nitrogens with one attached hydrogen (secondary N) is 2. The van der Waals surface area contributed by atoms with Crippen molar-refractivity contribution >= 4 is 22.3 Å². The molecule has 1 aromatic carbocycles. The number of hydrogen-bond donors (Lipinski definition) is 2. The van der Waals surface area contributed by atoms with Gasteiger partial charge >= 0.3 is 0 Å². The molecule has 0 saturated carbocycles. The van der Waals surface area contributed by atoms with Crippen LogP contribution in [0.25, 0.3) is 0 Å². The van der Waals surface area contributed by atoms with Crippen molar-refractivity contribution in [2.24, 2.45) is 4.99 Å². The van der Waals surface area contributed by atoms with Crippen LogP contribution < -0.4 is 25.0 Å². The molecule has 1 fully saturated rings. The second-order valence-electron chi connectivity index (χ2n) is 6.81. The van der Waals surface area contributed by atoms with Gasteiger partial charge in [-0.1, -0.05) is 12.1 Å². The molecule has 1 aromatic heterocycles. The molecular formula is C20H26N4O2S. The number of benzene rings is 1. The number of rotatable bonds is 4. The van der Waals surface area contributed by atoms with Crippen molar-refractivity contribution in [3.8, 4) is 11.5 Å². The summed E-state index contributed by atoms with van der Waals surface area (Å²) in [5, 5.41) is 10.4. The number of fused-ring (bicyclic) bond motifs is 1. The number of para-hydroxylation sites is 2. The summed E-state index contributed by atoms with van der Waals surface area (Å²) in [5.41, 5.74) is 0. The van der Waals surface area contributed by atoms with E-state index in [2.05, 4.69) is 38.0 Å². The Hall–Kier alpha value is -2.41. The predicted octanol–water partition coefficient (Wildman–Crippen LogP) is 2.72. The van der Waals surface area contributed by atoms with Crippen molar-refractivity contribution < 1.29 is 9.47 Å². The first-order valence-corrected chi connectivity index (χ1v) is 10.3. The lowest BCUT2D eigenvalue weighted by Crippen LogP contribution is -2.51. The van der Waals surface area contributed by atoms with E-state index in [0.717, 1.165) is 43.4 Å². The molecule has 0 radical (unpaired) electrons. The molecule has 2 aliphatic heterocycles. The molecule has 2 aromatic rings. The van der Waals surface area contributed by atoms with Gasteiger partial charge in [0.1, 0.15) is 12.7 Å². The van der Waals surface area contributed by atoms with Crippen LogP contribution in [0.3, 0.4) is 0 Å². The van der Waals surface area contributed by atoms with Crippen LogP contribution in [0, 0.1) is 0 Å². The number of nitrogens with zero attached hydrogens (tertiary/aromatic N) is 2. The maximum atomic E-state index is 6.00. The lowest BCUT2D eigenvalue weighted by Gasteiger charge is -2.34. The first-order chi connectivity index (χ1) is 13.3. The summed E-state index contributed by atoms with van der Waals surface area (Å²) >= 11 is 1.81. The van der Waals surface area contributed by atoms with E-state index in [9.17, 15) is 0 Å². The molecule has 2 aliphatic rings. The van der Waals surface area contributed by atoms with E-state index < -0.39 is 0 Å². The second-order valence-corrected chi connectivity index (χ2v) is 7.73.